The number of hydrogen-bond donors (Lipinski definition) is 0. The lowest BCUT2D eigenvalue weighted by Crippen LogP contribution is -2.53. The van der Waals surface area contributed by atoms with Gasteiger partial charge < -0.3 is 4.90 Å². The van der Waals surface area contributed by atoms with Crippen LogP contribution in [0.4, 0.5) is 18.9 Å². The van der Waals surface area contributed by atoms with E-state index in [1.54, 1.807) is 6.07 Å². The van der Waals surface area contributed by atoms with Crippen LogP contribution >= 0.6 is 11.3 Å². The molecule has 0 N–H and O–H groups in total. The van der Waals surface area contributed by atoms with Crippen LogP contribution in [0.25, 0.3) is 0 Å². The number of nitrogens with zero attached hydrogens (tertiary/aromatic N) is 3. The molecule has 7 heteroatoms. The van der Waals surface area contributed by atoms with Crippen LogP contribution in [0.3, 0.4) is 0 Å². The van der Waals surface area contributed by atoms with Crippen molar-refractivity contribution >= 4 is 17.0 Å². The Balaban J connectivity index is 1.27. The summed E-state index contributed by atoms with van der Waals surface area (Å²) in [6.45, 7) is 6.71. The molecule has 0 amide bonds. The monoisotopic (exact) mass is 409 g/mol. The number of alkyl halides is 3. The molecule has 0 aliphatic carbocycles. The number of benzene rings is 1. The number of likely N-dealkylation sites (tertiary alicyclic amines) is 1. The Morgan fingerprint density at radius 1 is 0.929 bits per heavy atom. The molecule has 0 atom stereocenters. The quantitative estimate of drug-likeness (QED) is 0.733. The predicted octanol–water partition coefficient (Wildman–Crippen LogP) is 4.55. The van der Waals surface area contributed by atoms with Crippen molar-refractivity contribution in [3.63, 3.8) is 0 Å². The first-order chi connectivity index (χ1) is 13.5. The lowest BCUT2D eigenvalue weighted by Gasteiger charge is -2.43. The fraction of sp³-hybridized carbons (Fsp3) is 0.524. The third-order valence-corrected chi connectivity index (χ3v) is 6.75. The van der Waals surface area contributed by atoms with Gasteiger partial charge in [0.2, 0.25) is 0 Å². The molecule has 2 saturated heterocycles. The average molecular weight is 410 g/mol. The van der Waals surface area contributed by atoms with E-state index in [-0.39, 0.29) is 0 Å². The minimum absolute atomic E-state index is 0.564. The van der Waals surface area contributed by atoms with Crippen LogP contribution in [0.1, 0.15) is 23.3 Å². The van der Waals surface area contributed by atoms with Crippen molar-refractivity contribution in [3.8, 4) is 0 Å². The van der Waals surface area contributed by atoms with Gasteiger partial charge in [0.1, 0.15) is 0 Å². The molecule has 152 valence electrons. The molecule has 2 fully saturated rings. The second-order valence-electron chi connectivity index (χ2n) is 7.66. The zero-order valence-electron chi connectivity index (χ0n) is 15.9. The van der Waals surface area contributed by atoms with Crippen molar-refractivity contribution in [1.29, 1.82) is 0 Å². The molecule has 1 aromatic carbocycles. The molecule has 4 rings (SSSR count). The Labute approximate surface area is 168 Å². The molecule has 28 heavy (non-hydrogen) atoms. The Morgan fingerprint density at radius 3 is 2.32 bits per heavy atom. The van der Waals surface area contributed by atoms with Gasteiger partial charge in [-0.2, -0.15) is 13.2 Å². The van der Waals surface area contributed by atoms with E-state index in [4.69, 9.17) is 0 Å². The number of thiophene rings is 1. The second kappa shape index (κ2) is 8.43. The highest BCUT2D eigenvalue weighted by molar-refractivity contribution is 7.09. The summed E-state index contributed by atoms with van der Waals surface area (Å²) in [5, 5.41) is 2.13. The van der Waals surface area contributed by atoms with Crippen molar-refractivity contribution in [2.45, 2.75) is 31.6 Å². The average Bonchev–Trinajstić information content (AvgIpc) is 3.21. The van der Waals surface area contributed by atoms with Crippen molar-refractivity contribution in [2.75, 3.05) is 44.2 Å². The molecular weight excluding hydrogens is 383 g/mol. The molecule has 2 aromatic rings. The van der Waals surface area contributed by atoms with Gasteiger partial charge in [-0.3, -0.25) is 9.80 Å². The summed E-state index contributed by atoms with van der Waals surface area (Å²) >= 11 is 1.82. The SMILES string of the molecule is FC(F)(F)c1cccc(N2CCN(C3CCN(Cc4cccs4)CC3)CC2)c1. The van der Waals surface area contributed by atoms with Gasteiger partial charge in [0.05, 0.1) is 5.56 Å². The minimum atomic E-state index is -4.28. The van der Waals surface area contributed by atoms with Gasteiger partial charge in [0.25, 0.3) is 0 Å². The molecule has 3 heterocycles. The first kappa shape index (κ1) is 19.7. The Hall–Kier alpha value is -1.57. The first-order valence-electron chi connectivity index (χ1n) is 9.90. The topological polar surface area (TPSA) is 9.72 Å². The smallest absolute Gasteiger partial charge is 0.369 e. The summed E-state index contributed by atoms with van der Waals surface area (Å²) in [7, 11) is 0. The summed E-state index contributed by atoms with van der Waals surface area (Å²) in [5.41, 5.74) is 0.116. The Kier molecular flexibility index (Phi) is 5.94. The molecule has 0 saturated carbocycles. The van der Waals surface area contributed by atoms with E-state index in [9.17, 15) is 13.2 Å². The number of hydrogen-bond acceptors (Lipinski definition) is 4. The highest BCUT2D eigenvalue weighted by Gasteiger charge is 2.32. The van der Waals surface area contributed by atoms with E-state index in [1.165, 1.54) is 29.9 Å². The molecule has 0 spiro atoms. The highest BCUT2D eigenvalue weighted by atomic mass is 32.1. The largest absolute Gasteiger partial charge is 0.416 e. The van der Waals surface area contributed by atoms with Gasteiger partial charge in [-0.25, -0.2) is 0 Å². The molecular formula is C21H26F3N3S. The van der Waals surface area contributed by atoms with Crippen LogP contribution in [0.2, 0.25) is 0 Å². The van der Waals surface area contributed by atoms with Crippen LogP contribution in [-0.4, -0.2) is 55.1 Å². The van der Waals surface area contributed by atoms with Gasteiger partial charge in [-0.1, -0.05) is 12.1 Å². The summed E-state index contributed by atoms with van der Waals surface area (Å²) in [5.74, 6) is 0. The standard InChI is InChI=1S/C21H26F3N3S/c22-21(23,24)17-3-1-4-19(15-17)27-12-10-26(11-13-27)18-6-8-25(9-7-18)16-20-5-2-14-28-20/h1-5,14-15,18H,6-13,16H2. The van der Waals surface area contributed by atoms with E-state index in [2.05, 4.69) is 32.2 Å². The third-order valence-electron chi connectivity index (χ3n) is 5.89. The second-order valence-corrected chi connectivity index (χ2v) is 8.69. The van der Waals surface area contributed by atoms with Crippen LogP contribution in [0, 0.1) is 0 Å². The summed E-state index contributed by atoms with van der Waals surface area (Å²) in [6, 6.07) is 10.6. The number of halogens is 3. The number of anilines is 1. The normalized spacial score (nSPS) is 20.6. The maximum atomic E-state index is 13.0. The zero-order chi connectivity index (χ0) is 19.6. The fourth-order valence-corrected chi connectivity index (χ4v) is 5.04. The van der Waals surface area contributed by atoms with Crippen molar-refractivity contribution in [3.05, 3.63) is 52.2 Å². The summed E-state index contributed by atoms with van der Waals surface area (Å²) in [4.78, 5) is 8.57. The maximum Gasteiger partial charge on any atom is 0.416 e. The first-order valence-corrected chi connectivity index (χ1v) is 10.8. The van der Waals surface area contributed by atoms with Gasteiger partial charge in [0.15, 0.2) is 0 Å². The van der Waals surface area contributed by atoms with E-state index in [0.29, 0.717) is 11.7 Å². The van der Waals surface area contributed by atoms with Crippen LogP contribution in [0.15, 0.2) is 41.8 Å². The summed E-state index contributed by atoms with van der Waals surface area (Å²) < 4.78 is 38.9. The Morgan fingerprint density at radius 2 is 1.68 bits per heavy atom. The number of piperidine rings is 1. The van der Waals surface area contributed by atoms with E-state index < -0.39 is 11.7 Å². The van der Waals surface area contributed by atoms with E-state index in [1.807, 2.05) is 11.3 Å². The van der Waals surface area contributed by atoms with Gasteiger partial charge in [-0.05, 0) is 42.5 Å². The fourth-order valence-electron chi connectivity index (χ4n) is 4.29. The molecule has 2 aliphatic heterocycles. The zero-order valence-corrected chi connectivity index (χ0v) is 16.7. The lowest BCUT2D eigenvalue weighted by atomic mass is 10.0. The molecule has 2 aliphatic rings. The van der Waals surface area contributed by atoms with Crippen LogP contribution in [-0.2, 0) is 12.7 Å². The van der Waals surface area contributed by atoms with Gasteiger partial charge in [0, 0.05) is 62.4 Å². The van der Waals surface area contributed by atoms with Crippen LogP contribution < -0.4 is 4.90 Å². The molecule has 3 nitrogen and oxygen atoms in total. The van der Waals surface area contributed by atoms with E-state index >= 15 is 0 Å². The third kappa shape index (κ3) is 4.70. The molecule has 0 unspecified atom stereocenters. The maximum absolute atomic E-state index is 13.0. The molecule has 1 aromatic heterocycles. The molecule has 0 radical (unpaired) electrons. The predicted molar refractivity (Wildman–Crippen MR) is 108 cm³/mol. The number of piperazine rings is 1. The van der Waals surface area contributed by atoms with Crippen molar-refractivity contribution in [1.82, 2.24) is 9.80 Å². The summed E-state index contributed by atoms with van der Waals surface area (Å²) in [6.07, 6.45) is -1.93. The minimum Gasteiger partial charge on any atom is -0.369 e. The Bertz CT molecular complexity index is 747. The lowest BCUT2D eigenvalue weighted by molar-refractivity contribution is -0.137. The van der Waals surface area contributed by atoms with Crippen molar-refractivity contribution < 1.29 is 13.2 Å². The van der Waals surface area contributed by atoms with Gasteiger partial charge in [-0.15, -0.1) is 11.3 Å². The highest BCUT2D eigenvalue weighted by Crippen LogP contribution is 2.32. The molecule has 0 bridgehead atoms. The van der Waals surface area contributed by atoms with Gasteiger partial charge >= 0.3 is 6.18 Å². The van der Waals surface area contributed by atoms with Crippen LogP contribution in [0.5, 0.6) is 0 Å². The van der Waals surface area contributed by atoms with Crippen molar-refractivity contribution in [2.24, 2.45) is 0 Å². The van der Waals surface area contributed by atoms with E-state index in [0.717, 1.165) is 51.9 Å². The number of rotatable bonds is 4.